The number of anilines is 1. The Morgan fingerprint density at radius 3 is 2.44 bits per heavy atom. The second-order valence-corrected chi connectivity index (χ2v) is 9.83. The molecule has 190 valence electrons. The van der Waals surface area contributed by atoms with Crippen LogP contribution >= 0.6 is 0 Å². The Kier molecular flexibility index (Phi) is 5.82. The number of benzene rings is 2. The smallest absolute Gasteiger partial charge is 0.391 e. The zero-order chi connectivity index (χ0) is 26.0. The van der Waals surface area contributed by atoms with E-state index in [1.165, 1.54) is 30.3 Å². The van der Waals surface area contributed by atoms with Gasteiger partial charge in [-0.05, 0) is 48.9 Å². The number of Topliss-reactive ketones (excluding diaryl/α,β-unsaturated/α-hetero) is 2. The molecule has 0 saturated carbocycles. The maximum atomic E-state index is 14.1. The number of alkyl halides is 5. The van der Waals surface area contributed by atoms with Crippen LogP contribution in [0.15, 0.2) is 48.0 Å². The molecule has 2 aliphatic heterocycles. The fraction of sp³-hybridized carbons (Fsp3) is 0.407. The number of carbonyl (C=O) groups is 2. The van der Waals surface area contributed by atoms with Gasteiger partial charge < -0.3 is 10.0 Å². The summed E-state index contributed by atoms with van der Waals surface area (Å²) in [4.78, 5) is 27.9. The zero-order valence-electron chi connectivity index (χ0n) is 19.4. The Hall–Kier alpha value is -3.07. The Bertz CT molecular complexity index is 1280. The molecule has 2 saturated heterocycles. The molecule has 0 aromatic heterocycles. The summed E-state index contributed by atoms with van der Waals surface area (Å²) in [5.74, 6) is -5.07. The van der Waals surface area contributed by atoms with Crippen LogP contribution in [0.4, 0.5) is 27.6 Å². The normalized spacial score (nSPS) is 23.6. The number of fused-ring (bicyclic) bond motifs is 3. The van der Waals surface area contributed by atoms with E-state index in [1.807, 2.05) is 4.90 Å². The SMILES string of the molecule is CC(F)(F)c1cccc2c1C(=O)C(C(=O)Cc1ccc(N3C4CCC3[C@@H](O)C4)cc1C(F)(F)F)=CC2. The molecule has 1 N–H and O–H groups in total. The molecule has 4 nitrogen and oxygen atoms in total. The van der Waals surface area contributed by atoms with Gasteiger partial charge in [0.25, 0.3) is 5.92 Å². The molecule has 3 atom stereocenters. The van der Waals surface area contributed by atoms with Gasteiger partial charge in [-0.25, -0.2) is 8.78 Å². The average Bonchev–Trinajstić information content (AvgIpc) is 3.34. The summed E-state index contributed by atoms with van der Waals surface area (Å²) in [5.41, 5.74) is -1.75. The van der Waals surface area contributed by atoms with Gasteiger partial charge >= 0.3 is 6.18 Å². The third-order valence-electron chi connectivity index (χ3n) is 7.47. The van der Waals surface area contributed by atoms with E-state index < -0.39 is 47.3 Å². The molecule has 2 bridgehead atoms. The highest BCUT2D eigenvalue weighted by molar-refractivity contribution is 6.28. The van der Waals surface area contributed by atoms with E-state index in [2.05, 4.69) is 0 Å². The van der Waals surface area contributed by atoms with Crippen molar-refractivity contribution in [3.63, 3.8) is 0 Å². The number of carbonyl (C=O) groups excluding carboxylic acids is 2. The number of rotatable bonds is 5. The van der Waals surface area contributed by atoms with Crippen LogP contribution in [0, 0.1) is 0 Å². The van der Waals surface area contributed by atoms with Crippen LogP contribution in [0.3, 0.4) is 0 Å². The summed E-state index contributed by atoms with van der Waals surface area (Å²) in [5, 5.41) is 10.2. The second-order valence-electron chi connectivity index (χ2n) is 9.83. The first-order valence-electron chi connectivity index (χ1n) is 11.8. The predicted octanol–water partition coefficient (Wildman–Crippen LogP) is 5.40. The Labute approximate surface area is 204 Å². The standard InChI is InChI=1S/C27H24F5NO3/c1-26(28,29)19-4-2-3-14-6-9-18(25(36)24(14)19)22(34)11-15-5-7-16(12-20(15)27(30,31)32)33-17-8-10-21(33)23(35)13-17/h2-5,7,9,12,17,21,23,35H,6,8,10-11,13H2,1H3/t17?,21?,23-/m0/s1. The fourth-order valence-corrected chi connectivity index (χ4v) is 5.85. The third kappa shape index (κ3) is 4.13. The first-order valence-corrected chi connectivity index (χ1v) is 11.8. The molecule has 3 aliphatic rings. The van der Waals surface area contributed by atoms with Gasteiger partial charge in [0.1, 0.15) is 0 Å². The van der Waals surface area contributed by atoms with E-state index in [0.29, 0.717) is 31.0 Å². The van der Waals surface area contributed by atoms with Crippen molar-refractivity contribution in [2.45, 2.75) is 69.3 Å². The first kappa shape index (κ1) is 24.6. The molecule has 36 heavy (non-hydrogen) atoms. The second kappa shape index (κ2) is 8.50. The fourth-order valence-electron chi connectivity index (χ4n) is 5.85. The molecule has 2 unspecified atom stereocenters. The number of hydrogen-bond donors (Lipinski definition) is 1. The largest absolute Gasteiger partial charge is 0.416 e. The number of hydrogen-bond acceptors (Lipinski definition) is 4. The van der Waals surface area contributed by atoms with E-state index in [-0.39, 0.29) is 35.2 Å². The molecular weight excluding hydrogens is 481 g/mol. The highest BCUT2D eigenvalue weighted by atomic mass is 19.4. The van der Waals surface area contributed by atoms with Crippen molar-refractivity contribution in [2.75, 3.05) is 4.90 Å². The van der Waals surface area contributed by atoms with Gasteiger partial charge in [-0.2, -0.15) is 13.2 Å². The van der Waals surface area contributed by atoms with E-state index in [1.54, 1.807) is 0 Å². The van der Waals surface area contributed by atoms with Crippen LogP contribution in [0.25, 0.3) is 0 Å². The molecule has 2 aromatic carbocycles. The molecule has 1 aliphatic carbocycles. The van der Waals surface area contributed by atoms with E-state index in [9.17, 15) is 36.6 Å². The maximum absolute atomic E-state index is 14.1. The predicted molar refractivity (Wildman–Crippen MR) is 122 cm³/mol. The van der Waals surface area contributed by atoms with Gasteiger partial charge in [-0.15, -0.1) is 0 Å². The van der Waals surface area contributed by atoms with Crippen molar-refractivity contribution < 1.29 is 36.6 Å². The number of ketones is 2. The summed E-state index contributed by atoms with van der Waals surface area (Å²) in [6.07, 6.45) is -2.69. The van der Waals surface area contributed by atoms with Crippen LogP contribution < -0.4 is 4.90 Å². The maximum Gasteiger partial charge on any atom is 0.416 e. The third-order valence-corrected chi connectivity index (χ3v) is 7.47. The van der Waals surface area contributed by atoms with Gasteiger partial charge in [0, 0.05) is 36.2 Å². The van der Waals surface area contributed by atoms with Gasteiger partial charge in [0.2, 0.25) is 0 Å². The average molecular weight is 505 g/mol. The van der Waals surface area contributed by atoms with Gasteiger partial charge in [-0.1, -0.05) is 30.3 Å². The highest BCUT2D eigenvalue weighted by Gasteiger charge is 2.46. The van der Waals surface area contributed by atoms with Crippen LogP contribution in [0.5, 0.6) is 0 Å². The molecule has 2 aromatic rings. The molecule has 2 heterocycles. The topological polar surface area (TPSA) is 57.6 Å². The molecule has 0 radical (unpaired) electrons. The summed E-state index contributed by atoms with van der Waals surface area (Å²) < 4.78 is 70.3. The van der Waals surface area contributed by atoms with E-state index >= 15 is 0 Å². The van der Waals surface area contributed by atoms with Crippen LogP contribution in [0.1, 0.15) is 58.8 Å². The van der Waals surface area contributed by atoms with Crippen molar-refractivity contribution in [1.29, 1.82) is 0 Å². The molecular formula is C27H24F5NO3. The summed E-state index contributed by atoms with van der Waals surface area (Å²) in [6, 6.07) is 7.50. The van der Waals surface area contributed by atoms with Crippen molar-refractivity contribution in [2.24, 2.45) is 0 Å². The Morgan fingerprint density at radius 1 is 1.08 bits per heavy atom. The number of allylic oxidation sites excluding steroid dienone is 2. The van der Waals surface area contributed by atoms with Crippen LogP contribution in [0.2, 0.25) is 0 Å². The van der Waals surface area contributed by atoms with Gasteiger partial charge in [0.05, 0.1) is 23.3 Å². The summed E-state index contributed by atoms with van der Waals surface area (Å²) >= 11 is 0. The zero-order valence-corrected chi connectivity index (χ0v) is 19.4. The lowest BCUT2D eigenvalue weighted by Crippen LogP contribution is -2.32. The quantitative estimate of drug-likeness (QED) is 0.437. The molecule has 0 amide bonds. The molecule has 9 heteroatoms. The number of halogens is 5. The molecule has 0 spiro atoms. The monoisotopic (exact) mass is 505 g/mol. The number of nitrogens with zero attached hydrogens (tertiary/aromatic N) is 1. The number of aliphatic hydroxyl groups is 1. The van der Waals surface area contributed by atoms with Crippen LogP contribution in [-0.2, 0) is 29.7 Å². The van der Waals surface area contributed by atoms with Crippen LogP contribution in [-0.4, -0.2) is 34.9 Å². The van der Waals surface area contributed by atoms with Crippen molar-refractivity contribution >= 4 is 17.3 Å². The lowest BCUT2D eigenvalue weighted by molar-refractivity contribution is -0.138. The molecule has 2 fully saturated rings. The highest BCUT2D eigenvalue weighted by Crippen LogP contribution is 2.44. The first-order chi connectivity index (χ1) is 16.9. The number of aliphatic hydroxyl groups excluding tert-OH is 1. The van der Waals surface area contributed by atoms with Crippen molar-refractivity contribution in [1.82, 2.24) is 0 Å². The van der Waals surface area contributed by atoms with Gasteiger partial charge in [0.15, 0.2) is 11.6 Å². The van der Waals surface area contributed by atoms with Gasteiger partial charge in [-0.3, -0.25) is 9.59 Å². The van der Waals surface area contributed by atoms with E-state index in [0.717, 1.165) is 18.6 Å². The summed E-state index contributed by atoms with van der Waals surface area (Å²) in [7, 11) is 0. The minimum atomic E-state index is -4.75. The van der Waals surface area contributed by atoms with Crippen molar-refractivity contribution in [3.8, 4) is 0 Å². The molecule has 5 rings (SSSR count). The van der Waals surface area contributed by atoms with E-state index in [4.69, 9.17) is 0 Å². The lowest BCUT2D eigenvalue weighted by Gasteiger charge is -2.26. The lowest BCUT2D eigenvalue weighted by atomic mass is 9.83. The Balaban J connectivity index is 1.45. The minimum absolute atomic E-state index is 0.0328. The Morgan fingerprint density at radius 2 is 1.83 bits per heavy atom. The summed E-state index contributed by atoms with van der Waals surface area (Å²) in [6.45, 7) is 0.651. The minimum Gasteiger partial charge on any atom is -0.391 e. The van der Waals surface area contributed by atoms with Crippen molar-refractivity contribution in [3.05, 3.63) is 75.9 Å².